The molecule has 2 N–H and O–H groups in total. The first kappa shape index (κ1) is 21.1. The van der Waals surface area contributed by atoms with Crippen LogP contribution in [0.25, 0.3) is 0 Å². The van der Waals surface area contributed by atoms with Gasteiger partial charge < -0.3 is 19.9 Å². The van der Waals surface area contributed by atoms with E-state index in [0.717, 1.165) is 12.5 Å². The first-order valence-corrected chi connectivity index (χ1v) is 8.71. The summed E-state index contributed by atoms with van der Waals surface area (Å²) in [7, 11) is 0. The van der Waals surface area contributed by atoms with Gasteiger partial charge in [-0.2, -0.15) is 4.98 Å². The lowest BCUT2D eigenvalue weighted by Crippen LogP contribution is -2.44. The average Bonchev–Trinajstić information content (AvgIpc) is 3.03. The number of ether oxygens (including phenoxy) is 1. The van der Waals surface area contributed by atoms with E-state index in [1.165, 1.54) is 32.1 Å². The summed E-state index contributed by atoms with van der Waals surface area (Å²) in [5.41, 5.74) is 0. The van der Waals surface area contributed by atoms with Crippen LogP contribution in [0.15, 0.2) is 9.52 Å². The molecule has 1 unspecified atom stereocenters. The van der Waals surface area contributed by atoms with Gasteiger partial charge in [-0.25, -0.2) is 4.99 Å². The molecule has 0 amide bonds. The zero-order valence-corrected chi connectivity index (χ0v) is 17.2. The normalized spacial score (nSPS) is 17.2. The second kappa shape index (κ2) is 11.6. The molecule has 0 bridgehead atoms. The van der Waals surface area contributed by atoms with Gasteiger partial charge in [-0.05, 0) is 33.6 Å². The van der Waals surface area contributed by atoms with Gasteiger partial charge in [-0.15, -0.1) is 24.0 Å². The number of hydrogen-bond donors (Lipinski definition) is 2. The molecule has 1 aromatic heterocycles. The van der Waals surface area contributed by atoms with Crippen LogP contribution in [0, 0.1) is 0 Å². The highest BCUT2D eigenvalue weighted by atomic mass is 127. The maximum absolute atomic E-state index is 5.46. The zero-order valence-electron chi connectivity index (χ0n) is 14.9. The molecule has 8 heteroatoms. The van der Waals surface area contributed by atoms with Crippen molar-refractivity contribution >= 4 is 29.9 Å². The Labute approximate surface area is 161 Å². The minimum Gasteiger partial charge on any atom is -0.371 e. The average molecular weight is 451 g/mol. The summed E-state index contributed by atoms with van der Waals surface area (Å²) < 4.78 is 10.7. The van der Waals surface area contributed by atoms with Crippen LogP contribution in [-0.2, 0) is 11.3 Å². The van der Waals surface area contributed by atoms with E-state index in [4.69, 9.17) is 9.26 Å². The lowest BCUT2D eigenvalue weighted by atomic mass is 9.96. The molecule has 138 valence electrons. The van der Waals surface area contributed by atoms with Crippen LogP contribution in [0.1, 0.15) is 70.7 Å². The summed E-state index contributed by atoms with van der Waals surface area (Å²) in [6.45, 7) is 7.74. The third kappa shape index (κ3) is 6.92. The monoisotopic (exact) mass is 451 g/mol. The smallest absolute Gasteiger partial charge is 0.248 e. The number of aliphatic imine (C=N–C) groups is 1. The lowest BCUT2D eigenvalue weighted by molar-refractivity contribution is 0.0683. The Morgan fingerprint density at radius 1 is 1.33 bits per heavy atom. The summed E-state index contributed by atoms with van der Waals surface area (Å²) in [4.78, 5) is 8.90. The lowest BCUT2D eigenvalue weighted by Gasteiger charge is -2.24. The summed E-state index contributed by atoms with van der Waals surface area (Å²) in [6.07, 6.45) is 6.19. The number of guanidine groups is 1. The molecule has 7 nitrogen and oxygen atoms in total. The van der Waals surface area contributed by atoms with Crippen molar-refractivity contribution in [1.29, 1.82) is 0 Å². The van der Waals surface area contributed by atoms with Gasteiger partial charge in [0.2, 0.25) is 5.89 Å². The molecule has 24 heavy (non-hydrogen) atoms. The summed E-state index contributed by atoms with van der Waals surface area (Å²) in [5.74, 6) is 1.90. The van der Waals surface area contributed by atoms with Crippen molar-refractivity contribution in [3.05, 3.63) is 11.7 Å². The Morgan fingerprint density at radius 3 is 2.75 bits per heavy atom. The molecule has 1 fully saturated rings. The number of nitrogens with zero attached hydrogens (tertiary/aromatic N) is 3. The molecule has 1 atom stereocenters. The molecule has 1 aromatic rings. The van der Waals surface area contributed by atoms with Gasteiger partial charge >= 0.3 is 0 Å². The van der Waals surface area contributed by atoms with Crippen LogP contribution < -0.4 is 10.6 Å². The number of aromatic nitrogens is 2. The van der Waals surface area contributed by atoms with Gasteiger partial charge in [-0.3, -0.25) is 0 Å². The second-order valence-electron chi connectivity index (χ2n) is 5.82. The van der Waals surface area contributed by atoms with E-state index in [-0.39, 0.29) is 30.1 Å². The maximum Gasteiger partial charge on any atom is 0.248 e. The molecular formula is C16H30IN5O2. The predicted molar refractivity (Wildman–Crippen MR) is 105 cm³/mol. The van der Waals surface area contributed by atoms with E-state index < -0.39 is 0 Å². The fourth-order valence-corrected chi connectivity index (χ4v) is 2.73. The van der Waals surface area contributed by atoms with Gasteiger partial charge in [0.1, 0.15) is 12.6 Å². The molecule has 1 saturated carbocycles. The predicted octanol–water partition coefficient (Wildman–Crippen LogP) is 3.17. The van der Waals surface area contributed by atoms with E-state index in [2.05, 4.69) is 32.7 Å². The maximum atomic E-state index is 5.46. The molecule has 0 radical (unpaired) electrons. The third-order valence-corrected chi connectivity index (χ3v) is 3.93. The zero-order chi connectivity index (χ0) is 16.5. The van der Waals surface area contributed by atoms with Crippen molar-refractivity contribution in [2.24, 2.45) is 4.99 Å². The standard InChI is InChI=1S/C16H29N5O2.HI/c1-4-17-16(19-13-9-7-6-8-10-13)18-11-14-20-15(21-23-14)12(3)22-5-2;/h12-13H,4-11H2,1-3H3,(H2,17,18,19);1H. The second-order valence-corrected chi connectivity index (χ2v) is 5.82. The molecule has 2 rings (SSSR count). The van der Waals surface area contributed by atoms with Crippen molar-refractivity contribution in [2.45, 2.75) is 71.6 Å². The van der Waals surface area contributed by atoms with Crippen LogP contribution in [0.4, 0.5) is 0 Å². The Hall–Kier alpha value is -0.900. The molecule has 1 heterocycles. The fraction of sp³-hybridized carbons (Fsp3) is 0.812. The van der Waals surface area contributed by atoms with Crippen LogP contribution in [0.5, 0.6) is 0 Å². The number of nitrogens with one attached hydrogen (secondary N) is 2. The first-order valence-electron chi connectivity index (χ1n) is 8.71. The summed E-state index contributed by atoms with van der Waals surface area (Å²) in [5, 5.41) is 10.7. The Bertz CT molecular complexity index is 489. The van der Waals surface area contributed by atoms with E-state index in [9.17, 15) is 0 Å². The molecule has 1 aliphatic rings. The van der Waals surface area contributed by atoms with Gasteiger partial charge in [0.15, 0.2) is 11.8 Å². The van der Waals surface area contributed by atoms with E-state index >= 15 is 0 Å². The van der Waals surface area contributed by atoms with Gasteiger partial charge in [0, 0.05) is 19.2 Å². The summed E-state index contributed by atoms with van der Waals surface area (Å²) >= 11 is 0. The SMILES string of the molecule is CCNC(=NCc1nc(C(C)OCC)no1)NC1CCCCC1.I. The van der Waals surface area contributed by atoms with Crippen molar-refractivity contribution < 1.29 is 9.26 Å². The third-order valence-electron chi connectivity index (χ3n) is 3.93. The molecule has 1 aliphatic carbocycles. The quantitative estimate of drug-likeness (QED) is 0.377. The number of halogens is 1. The van der Waals surface area contributed by atoms with Gasteiger partial charge in [0.25, 0.3) is 0 Å². The van der Waals surface area contributed by atoms with Crippen molar-refractivity contribution in [3.8, 4) is 0 Å². The van der Waals surface area contributed by atoms with Gasteiger partial charge in [0.05, 0.1) is 0 Å². The van der Waals surface area contributed by atoms with Crippen molar-refractivity contribution in [3.63, 3.8) is 0 Å². The molecule has 0 aliphatic heterocycles. The molecular weight excluding hydrogens is 421 g/mol. The van der Waals surface area contributed by atoms with Gasteiger partial charge in [-0.1, -0.05) is 24.4 Å². The molecule has 0 spiro atoms. The van der Waals surface area contributed by atoms with Crippen LogP contribution in [0.2, 0.25) is 0 Å². The van der Waals surface area contributed by atoms with Crippen molar-refractivity contribution in [1.82, 2.24) is 20.8 Å². The van der Waals surface area contributed by atoms with Crippen molar-refractivity contribution in [2.75, 3.05) is 13.2 Å². The number of rotatable bonds is 7. The topological polar surface area (TPSA) is 84.6 Å². The first-order chi connectivity index (χ1) is 11.2. The Kier molecular flexibility index (Phi) is 10.2. The van der Waals surface area contributed by atoms with E-state index in [1.807, 2.05) is 13.8 Å². The highest BCUT2D eigenvalue weighted by molar-refractivity contribution is 14.0. The Balaban J connectivity index is 0.00000288. The highest BCUT2D eigenvalue weighted by Gasteiger charge is 2.16. The van der Waals surface area contributed by atoms with Crippen LogP contribution >= 0.6 is 24.0 Å². The largest absolute Gasteiger partial charge is 0.371 e. The molecule has 0 saturated heterocycles. The van der Waals surface area contributed by atoms with Crippen LogP contribution in [-0.4, -0.2) is 35.3 Å². The fourth-order valence-electron chi connectivity index (χ4n) is 2.73. The number of hydrogen-bond acceptors (Lipinski definition) is 5. The minimum absolute atomic E-state index is 0. The summed E-state index contributed by atoms with van der Waals surface area (Å²) in [6, 6.07) is 0.512. The Morgan fingerprint density at radius 2 is 2.08 bits per heavy atom. The molecule has 0 aromatic carbocycles. The highest BCUT2D eigenvalue weighted by Crippen LogP contribution is 2.17. The van der Waals surface area contributed by atoms with E-state index in [0.29, 0.717) is 30.9 Å². The van der Waals surface area contributed by atoms with E-state index in [1.54, 1.807) is 0 Å². The van der Waals surface area contributed by atoms with Crippen LogP contribution in [0.3, 0.4) is 0 Å². The minimum atomic E-state index is -0.157.